The van der Waals surface area contributed by atoms with Gasteiger partial charge in [0, 0.05) is 0 Å². The van der Waals surface area contributed by atoms with Crippen molar-refractivity contribution in [2.24, 2.45) is 0 Å². The van der Waals surface area contributed by atoms with Crippen molar-refractivity contribution in [2.45, 2.75) is 51.9 Å². The summed E-state index contributed by atoms with van der Waals surface area (Å²) in [6, 6.07) is 0.514. The third-order valence-corrected chi connectivity index (χ3v) is 5.93. The molecule has 1 aliphatic rings. The van der Waals surface area contributed by atoms with Gasteiger partial charge in [0.2, 0.25) is 0 Å². The van der Waals surface area contributed by atoms with Crippen molar-refractivity contribution < 1.29 is 0 Å². The van der Waals surface area contributed by atoms with Gasteiger partial charge in [-0.2, -0.15) is 0 Å². The van der Waals surface area contributed by atoms with E-state index in [9.17, 15) is 0 Å². The van der Waals surface area contributed by atoms with Crippen LogP contribution in [0.15, 0.2) is 23.3 Å². The van der Waals surface area contributed by atoms with E-state index >= 15 is 0 Å². The van der Waals surface area contributed by atoms with Crippen molar-refractivity contribution in [3.8, 4) is 0 Å². The van der Waals surface area contributed by atoms with Crippen LogP contribution in [-0.2, 0) is 0 Å². The van der Waals surface area contributed by atoms with Crippen molar-refractivity contribution in [3.05, 3.63) is 53.3 Å². The molecule has 1 nitrogen and oxygen atoms in total. The summed E-state index contributed by atoms with van der Waals surface area (Å²) in [5.74, 6) is 1.51. The van der Waals surface area contributed by atoms with E-state index in [0.29, 0.717) is 21.0 Å². The fourth-order valence-electron chi connectivity index (χ4n) is 2.14. The average Bonchev–Trinajstić information content (AvgIpc) is 2.85. The minimum absolute atomic E-state index is 0.514. The Morgan fingerprint density at radius 2 is 1.90 bits per heavy atom. The van der Waals surface area contributed by atoms with Gasteiger partial charge in [0.15, 0.2) is 0 Å². The minimum atomic E-state index is 0.514. The monoisotopic (exact) mass is 352 g/mol. The third-order valence-electron chi connectivity index (χ3n) is 3.79. The maximum atomic E-state index is 2.44. The van der Waals surface area contributed by atoms with E-state index in [1.165, 1.54) is 35.2 Å². The molecule has 0 saturated heterocycles. The summed E-state index contributed by atoms with van der Waals surface area (Å²) in [6.45, 7) is 8.90. The molecule has 0 heterocycles. The van der Waals surface area contributed by atoms with Crippen LogP contribution in [0.25, 0.3) is 0 Å². The summed E-state index contributed by atoms with van der Waals surface area (Å²) in [4.78, 5) is 3.85. The van der Waals surface area contributed by atoms with Crippen molar-refractivity contribution in [3.63, 3.8) is 0 Å². The van der Waals surface area contributed by atoms with E-state index in [-0.39, 0.29) is 0 Å². The molecule has 0 aliphatic heterocycles. The molecule has 5 radical (unpaired) electrons. The van der Waals surface area contributed by atoms with Gasteiger partial charge >= 0.3 is 139 Å². The second kappa shape index (κ2) is 9.87. The molecule has 0 N–H and O–H groups in total. The molecule has 117 valence electrons. The summed E-state index contributed by atoms with van der Waals surface area (Å²) in [7, 11) is 4.31. The van der Waals surface area contributed by atoms with Gasteiger partial charge in [-0.05, 0) is 0 Å². The molecule has 2 heteroatoms. The van der Waals surface area contributed by atoms with Crippen LogP contribution >= 0.6 is 0 Å². The Balaban J connectivity index is 2.35. The fraction of sp³-hybridized carbons (Fsp3) is 0.526. The second-order valence-electron chi connectivity index (χ2n) is 6.17. The first-order valence-electron chi connectivity index (χ1n) is 7.75. The standard InChI is InChI=1S/C19H30NSe/c1-15(2)9-7-10-16(3)13-14-21-19-12-8-11-18(19)17(4)20(5)6/h8-9,11-13,17H,7,10,14H2,1-6H3/b16-13+/t17-/m1/s1. The van der Waals surface area contributed by atoms with Crippen molar-refractivity contribution in [2.75, 3.05) is 14.1 Å². The van der Waals surface area contributed by atoms with Crippen LogP contribution in [0.2, 0.25) is 5.32 Å². The van der Waals surface area contributed by atoms with E-state index in [4.69, 9.17) is 0 Å². The fourth-order valence-corrected chi connectivity index (χ4v) is 4.50. The van der Waals surface area contributed by atoms with Crippen LogP contribution < -0.4 is 0 Å². The van der Waals surface area contributed by atoms with Gasteiger partial charge in [0.05, 0.1) is 0 Å². The van der Waals surface area contributed by atoms with Crippen LogP contribution in [0.5, 0.6) is 0 Å². The van der Waals surface area contributed by atoms with Crippen LogP contribution in [0.1, 0.15) is 40.5 Å². The number of nitrogens with zero attached hydrogens (tertiary/aromatic N) is 1. The molecule has 0 unspecified atom stereocenters. The first-order valence-corrected chi connectivity index (χ1v) is 9.82. The van der Waals surface area contributed by atoms with E-state index in [2.05, 4.69) is 78.1 Å². The van der Waals surface area contributed by atoms with E-state index in [1.807, 2.05) is 0 Å². The number of hydrogen-bond acceptors (Lipinski definition) is 1. The van der Waals surface area contributed by atoms with Gasteiger partial charge in [-0.15, -0.1) is 0 Å². The van der Waals surface area contributed by atoms with Gasteiger partial charge in [-0.25, -0.2) is 0 Å². The zero-order valence-corrected chi connectivity index (χ0v) is 16.2. The molecule has 1 aliphatic carbocycles. The van der Waals surface area contributed by atoms with Crippen LogP contribution in [-0.4, -0.2) is 40.0 Å². The second-order valence-corrected chi connectivity index (χ2v) is 8.39. The summed E-state index contributed by atoms with van der Waals surface area (Å²) >= 11 is 0.556. The van der Waals surface area contributed by atoms with Crippen LogP contribution in [0.4, 0.5) is 0 Å². The average molecular weight is 351 g/mol. The molecule has 1 fully saturated rings. The Hall–Kier alpha value is -0.0405. The molecule has 0 aromatic rings. The molecule has 0 aromatic heterocycles. The van der Waals surface area contributed by atoms with Gasteiger partial charge in [-0.3, -0.25) is 0 Å². The molecular formula is C19H30NSe. The van der Waals surface area contributed by atoms with E-state index in [1.54, 1.807) is 4.82 Å². The zero-order chi connectivity index (χ0) is 15.8. The number of allylic oxidation sites excluding steroid dienone is 4. The quantitative estimate of drug-likeness (QED) is 0.460. The summed E-state index contributed by atoms with van der Waals surface area (Å²) < 4.78 is 0. The molecule has 0 bridgehead atoms. The first-order chi connectivity index (χ1) is 9.91. The van der Waals surface area contributed by atoms with Gasteiger partial charge < -0.3 is 0 Å². The number of rotatable bonds is 8. The van der Waals surface area contributed by atoms with E-state index in [0.717, 1.165) is 0 Å². The van der Waals surface area contributed by atoms with Crippen molar-refractivity contribution >= 4 is 15.0 Å². The van der Waals surface area contributed by atoms with Crippen LogP contribution in [0.3, 0.4) is 0 Å². The zero-order valence-electron chi connectivity index (χ0n) is 14.4. The molecule has 1 saturated carbocycles. The summed E-state index contributed by atoms with van der Waals surface area (Å²) in [5, 5.41) is 1.21. The van der Waals surface area contributed by atoms with Crippen LogP contribution in [0, 0.1) is 30.0 Å². The Kier molecular flexibility index (Phi) is 8.93. The summed E-state index contributed by atoms with van der Waals surface area (Å²) in [5.41, 5.74) is 2.95. The molecule has 0 amide bonds. The summed E-state index contributed by atoms with van der Waals surface area (Å²) in [6.07, 6.45) is 13.9. The normalized spacial score (nSPS) is 19.3. The molecular weight excluding hydrogens is 321 g/mol. The molecule has 21 heavy (non-hydrogen) atoms. The maximum absolute atomic E-state index is 2.44. The SMILES string of the molecule is CC(C)=CCC/C(C)=C/C[Se][C]1[CH][CH][CH][C]1[C@@H](C)N(C)C. The Morgan fingerprint density at radius 3 is 2.52 bits per heavy atom. The Morgan fingerprint density at radius 1 is 1.19 bits per heavy atom. The van der Waals surface area contributed by atoms with Gasteiger partial charge in [0.1, 0.15) is 0 Å². The number of hydrogen-bond donors (Lipinski definition) is 0. The van der Waals surface area contributed by atoms with E-state index < -0.39 is 0 Å². The molecule has 0 spiro atoms. The Bertz CT molecular complexity index is 353. The van der Waals surface area contributed by atoms with Gasteiger partial charge in [0.25, 0.3) is 0 Å². The topological polar surface area (TPSA) is 3.24 Å². The first kappa shape index (κ1) is 19.0. The molecule has 1 atom stereocenters. The Labute approximate surface area is 139 Å². The van der Waals surface area contributed by atoms with Crippen molar-refractivity contribution in [1.29, 1.82) is 0 Å². The predicted molar refractivity (Wildman–Crippen MR) is 95.5 cm³/mol. The predicted octanol–water partition coefficient (Wildman–Crippen LogP) is 4.48. The third kappa shape index (κ3) is 7.17. The molecule has 0 aromatic carbocycles. The van der Waals surface area contributed by atoms with Gasteiger partial charge in [-0.1, -0.05) is 0 Å². The molecule has 1 rings (SSSR count). The van der Waals surface area contributed by atoms with Crippen molar-refractivity contribution in [1.82, 2.24) is 4.90 Å².